The maximum Gasteiger partial charge on any atom is 0.234 e. The molecule has 1 atom stereocenters. The number of likely N-dealkylation sites (tertiary alicyclic amines) is 1. The predicted octanol–water partition coefficient (Wildman–Crippen LogP) is 0.382. The molecule has 1 aliphatic rings. The van der Waals surface area contributed by atoms with Gasteiger partial charge < -0.3 is 10.4 Å². The average Bonchev–Trinajstić information content (AvgIpc) is 3.19. The Kier molecular flexibility index (Phi) is 5.45. The summed E-state index contributed by atoms with van der Waals surface area (Å²) in [5, 5.41) is 21.3. The van der Waals surface area contributed by atoms with Gasteiger partial charge in [0.05, 0.1) is 24.9 Å². The molecule has 1 unspecified atom stereocenters. The molecule has 2 N–H and O–H groups in total. The number of rotatable bonds is 7. The summed E-state index contributed by atoms with van der Waals surface area (Å²) < 4.78 is 1.63. The van der Waals surface area contributed by atoms with Crippen molar-refractivity contribution in [3.63, 3.8) is 0 Å². The fraction of sp³-hybridized carbons (Fsp3) is 0.500. The van der Waals surface area contributed by atoms with Crippen molar-refractivity contribution in [2.24, 2.45) is 0 Å². The van der Waals surface area contributed by atoms with Crippen molar-refractivity contribution in [3.8, 4) is 0 Å². The zero-order valence-corrected chi connectivity index (χ0v) is 14.6. The van der Waals surface area contributed by atoms with Crippen LogP contribution in [0.1, 0.15) is 17.5 Å². The second-order valence-electron chi connectivity index (χ2n) is 6.81. The Morgan fingerprint density at radius 2 is 2.24 bits per heavy atom. The Bertz CT molecular complexity index is 703. The van der Waals surface area contributed by atoms with Crippen LogP contribution in [0.4, 0.5) is 0 Å². The van der Waals surface area contributed by atoms with E-state index in [9.17, 15) is 9.90 Å². The number of nitrogens with zero attached hydrogens (tertiary/aromatic N) is 4. The minimum atomic E-state index is -0.852. The van der Waals surface area contributed by atoms with Crippen molar-refractivity contribution in [1.82, 2.24) is 25.2 Å². The van der Waals surface area contributed by atoms with Gasteiger partial charge in [0.1, 0.15) is 0 Å². The molecule has 0 radical (unpaired) electrons. The predicted molar refractivity (Wildman–Crippen MR) is 93.9 cm³/mol. The van der Waals surface area contributed by atoms with Crippen molar-refractivity contribution < 1.29 is 9.90 Å². The van der Waals surface area contributed by atoms with Crippen LogP contribution in [0.25, 0.3) is 0 Å². The number of carbonyl (C=O) groups is 1. The van der Waals surface area contributed by atoms with Gasteiger partial charge in [-0.25, -0.2) is 4.68 Å². The first kappa shape index (κ1) is 17.6. The lowest BCUT2D eigenvalue weighted by molar-refractivity contribution is -0.122. The minimum Gasteiger partial charge on any atom is -0.387 e. The van der Waals surface area contributed by atoms with Crippen LogP contribution in [0.5, 0.6) is 0 Å². The normalized spacial score (nSPS) is 20.7. The van der Waals surface area contributed by atoms with Gasteiger partial charge in [-0.2, -0.15) is 0 Å². The molecule has 134 valence electrons. The molecule has 1 aromatic carbocycles. The molecule has 1 amide bonds. The summed E-state index contributed by atoms with van der Waals surface area (Å²) >= 11 is 0. The standard InChI is InChI=1S/C18H25N5O2/c1-15-4-2-3-5-16(15)6-8-19-17(24)12-22-10-7-18(25,13-22)14-23-11-9-20-21-23/h2-5,9,11,25H,6-8,10,12-14H2,1H3,(H,19,24). The topological polar surface area (TPSA) is 83.3 Å². The van der Waals surface area contributed by atoms with Crippen LogP contribution in [0, 0.1) is 6.92 Å². The number of hydrogen-bond acceptors (Lipinski definition) is 5. The highest BCUT2D eigenvalue weighted by Gasteiger charge is 2.37. The Balaban J connectivity index is 1.41. The molecule has 1 fully saturated rings. The summed E-state index contributed by atoms with van der Waals surface area (Å²) in [4.78, 5) is 14.1. The second kappa shape index (κ2) is 7.76. The lowest BCUT2D eigenvalue weighted by Gasteiger charge is -2.22. The lowest BCUT2D eigenvalue weighted by atomic mass is 10.0. The van der Waals surface area contributed by atoms with Gasteiger partial charge in [0.25, 0.3) is 0 Å². The van der Waals surface area contributed by atoms with E-state index in [1.165, 1.54) is 11.1 Å². The van der Waals surface area contributed by atoms with E-state index in [0.717, 1.165) is 6.42 Å². The Morgan fingerprint density at radius 1 is 1.40 bits per heavy atom. The fourth-order valence-electron chi connectivity index (χ4n) is 3.31. The highest BCUT2D eigenvalue weighted by molar-refractivity contribution is 5.78. The molecule has 1 aromatic heterocycles. The Labute approximate surface area is 147 Å². The van der Waals surface area contributed by atoms with Crippen LogP contribution in [0.15, 0.2) is 36.7 Å². The van der Waals surface area contributed by atoms with E-state index in [1.807, 2.05) is 17.0 Å². The van der Waals surface area contributed by atoms with E-state index in [4.69, 9.17) is 0 Å². The van der Waals surface area contributed by atoms with Crippen molar-refractivity contribution in [3.05, 3.63) is 47.8 Å². The number of carbonyl (C=O) groups excluding carboxylic acids is 1. The maximum absolute atomic E-state index is 12.1. The molecule has 1 aliphatic heterocycles. The van der Waals surface area contributed by atoms with E-state index in [2.05, 4.69) is 34.7 Å². The van der Waals surface area contributed by atoms with E-state index in [1.54, 1.807) is 17.1 Å². The highest BCUT2D eigenvalue weighted by atomic mass is 16.3. The number of amides is 1. The molecule has 0 aliphatic carbocycles. The quantitative estimate of drug-likeness (QED) is 0.759. The summed E-state index contributed by atoms with van der Waals surface area (Å²) in [6.07, 6.45) is 4.79. The van der Waals surface area contributed by atoms with Crippen molar-refractivity contribution in [2.75, 3.05) is 26.2 Å². The molecular formula is C18H25N5O2. The average molecular weight is 343 g/mol. The van der Waals surface area contributed by atoms with Crippen LogP contribution in [-0.4, -0.2) is 62.7 Å². The van der Waals surface area contributed by atoms with Gasteiger partial charge in [0.15, 0.2) is 0 Å². The van der Waals surface area contributed by atoms with Crippen LogP contribution in [0.2, 0.25) is 0 Å². The lowest BCUT2D eigenvalue weighted by Crippen LogP contribution is -2.41. The van der Waals surface area contributed by atoms with Gasteiger partial charge in [-0.15, -0.1) is 5.10 Å². The highest BCUT2D eigenvalue weighted by Crippen LogP contribution is 2.22. The molecule has 2 aromatic rings. The van der Waals surface area contributed by atoms with Crippen LogP contribution in [-0.2, 0) is 17.8 Å². The number of benzene rings is 1. The first-order valence-corrected chi connectivity index (χ1v) is 8.64. The molecule has 0 bridgehead atoms. The SMILES string of the molecule is Cc1ccccc1CCNC(=O)CN1CCC(O)(Cn2ccnn2)C1. The molecule has 2 heterocycles. The molecule has 3 rings (SSSR count). The van der Waals surface area contributed by atoms with E-state index >= 15 is 0 Å². The molecular weight excluding hydrogens is 318 g/mol. The number of β-amino-alcohol motifs (C(OH)–C–C–N with tert-alkyl or cyclic N) is 1. The molecule has 25 heavy (non-hydrogen) atoms. The van der Waals surface area contributed by atoms with Gasteiger partial charge in [0.2, 0.25) is 5.91 Å². The zero-order valence-electron chi connectivity index (χ0n) is 14.6. The van der Waals surface area contributed by atoms with E-state index in [0.29, 0.717) is 39.1 Å². The van der Waals surface area contributed by atoms with Crippen molar-refractivity contribution in [2.45, 2.75) is 31.9 Å². The van der Waals surface area contributed by atoms with Crippen LogP contribution < -0.4 is 5.32 Å². The van der Waals surface area contributed by atoms with Gasteiger partial charge in [-0.3, -0.25) is 9.69 Å². The van der Waals surface area contributed by atoms with Gasteiger partial charge in [-0.1, -0.05) is 29.5 Å². The molecule has 1 saturated heterocycles. The largest absolute Gasteiger partial charge is 0.387 e. The summed E-state index contributed by atoms with van der Waals surface area (Å²) in [7, 11) is 0. The Hall–Kier alpha value is -2.25. The third kappa shape index (κ3) is 4.87. The maximum atomic E-state index is 12.1. The number of nitrogens with one attached hydrogen (secondary N) is 1. The Morgan fingerprint density at radius 3 is 3.00 bits per heavy atom. The third-order valence-corrected chi connectivity index (χ3v) is 4.68. The number of hydrogen-bond donors (Lipinski definition) is 2. The first-order chi connectivity index (χ1) is 12.0. The molecule has 7 heteroatoms. The summed E-state index contributed by atoms with van der Waals surface area (Å²) in [5.74, 6) is -0.00131. The minimum absolute atomic E-state index is 0.00131. The van der Waals surface area contributed by atoms with Gasteiger partial charge >= 0.3 is 0 Å². The fourth-order valence-corrected chi connectivity index (χ4v) is 3.31. The molecule has 7 nitrogen and oxygen atoms in total. The first-order valence-electron chi connectivity index (χ1n) is 8.64. The summed E-state index contributed by atoms with van der Waals surface area (Å²) in [5.41, 5.74) is 1.65. The molecule has 0 spiro atoms. The monoisotopic (exact) mass is 343 g/mol. The smallest absolute Gasteiger partial charge is 0.234 e. The van der Waals surface area contributed by atoms with Crippen LogP contribution in [0.3, 0.4) is 0 Å². The zero-order chi connectivity index (χ0) is 17.7. The number of aliphatic hydroxyl groups is 1. The summed E-state index contributed by atoms with van der Waals surface area (Å²) in [6.45, 7) is 4.60. The van der Waals surface area contributed by atoms with Gasteiger partial charge in [0, 0.05) is 25.8 Å². The third-order valence-electron chi connectivity index (χ3n) is 4.68. The van der Waals surface area contributed by atoms with Gasteiger partial charge in [-0.05, 0) is 30.9 Å². The second-order valence-corrected chi connectivity index (χ2v) is 6.81. The molecule has 0 saturated carbocycles. The van der Waals surface area contributed by atoms with E-state index < -0.39 is 5.60 Å². The number of aryl methyl sites for hydroxylation is 1. The van der Waals surface area contributed by atoms with Crippen molar-refractivity contribution in [1.29, 1.82) is 0 Å². The summed E-state index contributed by atoms with van der Waals surface area (Å²) in [6, 6.07) is 8.21. The number of aromatic nitrogens is 3. The van der Waals surface area contributed by atoms with Crippen LogP contribution >= 0.6 is 0 Å². The van der Waals surface area contributed by atoms with E-state index in [-0.39, 0.29) is 5.91 Å². The van der Waals surface area contributed by atoms with Crippen molar-refractivity contribution >= 4 is 5.91 Å².